The second-order valence-corrected chi connectivity index (χ2v) is 8.38. The molecule has 0 aliphatic carbocycles. The molecule has 0 aromatic heterocycles. The number of sulfonamides is 1. The lowest BCUT2D eigenvalue weighted by Gasteiger charge is -2.29. The van der Waals surface area contributed by atoms with Crippen LogP contribution in [0.4, 0.5) is 5.69 Å². The third-order valence-electron chi connectivity index (χ3n) is 4.45. The summed E-state index contributed by atoms with van der Waals surface area (Å²) in [5.41, 5.74) is 3.16. The Morgan fingerprint density at radius 2 is 1.60 bits per heavy atom. The van der Waals surface area contributed by atoms with E-state index in [1.165, 1.54) is 4.31 Å². The van der Waals surface area contributed by atoms with Crippen LogP contribution >= 0.6 is 0 Å². The first-order valence-electron chi connectivity index (χ1n) is 8.41. The number of benzene rings is 2. The molecule has 2 aromatic carbocycles. The number of aryl methyl sites for hydroxylation is 1. The summed E-state index contributed by atoms with van der Waals surface area (Å²) in [4.78, 5) is 2.60. The Morgan fingerprint density at radius 1 is 1.00 bits per heavy atom. The van der Waals surface area contributed by atoms with Crippen LogP contribution in [0.2, 0.25) is 0 Å². The maximum Gasteiger partial charge on any atom is 0.243 e. The zero-order chi connectivity index (χ0) is 17.9. The molecule has 2 aromatic rings. The number of ether oxygens (including phenoxy) is 1. The van der Waals surface area contributed by atoms with Gasteiger partial charge < -0.3 is 9.64 Å². The van der Waals surface area contributed by atoms with Crippen LogP contribution in [0.3, 0.4) is 0 Å². The van der Waals surface area contributed by atoms with E-state index in [2.05, 4.69) is 4.90 Å². The standard InChI is InChI=1S/C19H24N2O3S/c1-16-3-9-19(10-4-16)25(22,23)20(2)15-17-5-7-18(8-6-17)21-11-13-24-14-12-21/h3-10H,11-15H2,1-2H3. The molecule has 0 bridgehead atoms. The predicted octanol–water partition coefficient (Wildman–Crippen LogP) is 2.65. The van der Waals surface area contributed by atoms with Crippen molar-refractivity contribution in [2.24, 2.45) is 0 Å². The Kier molecular flexibility index (Phi) is 5.42. The van der Waals surface area contributed by atoms with Gasteiger partial charge in [-0.05, 0) is 36.8 Å². The van der Waals surface area contributed by atoms with Crippen LogP contribution in [0, 0.1) is 6.92 Å². The monoisotopic (exact) mass is 360 g/mol. The Bertz CT molecular complexity index is 796. The van der Waals surface area contributed by atoms with Gasteiger partial charge in [0.05, 0.1) is 18.1 Å². The molecule has 1 saturated heterocycles. The maximum atomic E-state index is 12.7. The molecule has 6 heteroatoms. The molecule has 1 aliphatic heterocycles. The fourth-order valence-electron chi connectivity index (χ4n) is 2.87. The van der Waals surface area contributed by atoms with Crippen LogP contribution in [0.15, 0.2) is 53.4 Å². The molecular weight excluding hydrogens is 336 g/mol. The highest BCUT2D eigenvalue weighted by Gasteiger charge is 2.20. The highest BCUT2D eigenvalue weighted by Crippen LogP contribution is 2.20. The number of hydrogen-bond donors (Lipinski definition) is 0. The van der Waals surface area contributed by atoms with E-state index in [9.17, 15) is 8.42 Å². The summed E-state index contributed by atoms with van der Waals surface area (Å²) in [7, 11) is -1.86. The van der Waals surface area contributed by atoms with Crippen LogP contribution < -0.4 is 4.90 Å². The summed E-state index contributed by atoms with van der Waals surface area (Å²) in [6, 6.07) is 15.0. The van der Waals surface area contributed by atoms with E-state index in [1.807, 2.05) is 43.3 Å². The van der Waals surface area contributed by atoms with Gasteiger partial charge in [-0.15, -0.1) is 0 Å². The van der Waals surface area contributed by atoms with Crippen molar-refractivity contribution in [3.8, 4) is 0 Å². The van der Waals surface area contributed by atoms with E-state index in [4.69, 9.17) is 4.74 Å². The van der Waals surface area contributed by atoms with Crippen LogP contribution in [0.1, 0.15) is 11.1 Å². The van der Waals surface area contributed by atoms with Crippen molar-refractivity contribution in [1.82, 2.24) is 4.31 Å². The first-order chi connectivity index (χ1) is 12.0. The Morgan fingerprint density at radius 3 is 2.20 bits per heavy atom. The smallest absolute Gasteiger partial charge is 0.243 e. The molecule has 134 valence electrons. The van der Waals surface area contributed by atoms with Gasteiger partial charge >= 0.3 is 0 Å². The second kappa shape index (κ2) is 7.56. The van der Waals surface area contributed by atoms with E-state index in [0.717, 1.165) is 43.1 Å². The van der Waals surface area contributed by atoms with Gasteiger partial charge in [0.25, 0.3) is 0 Å². The van der Waals surface area contributed by atoms with Gasteiger partial charge in [-0.1, -0.05) is 29.8 Å². The zero-order valence-corrected chi connectivity index (χ0v) is 15.5. The van der Waals surface area contributed by atoms with Crippen molar-refractivity contribution >= 4 is 15.7 Å². The highest BCUT2D eigenvalue weighted by molar-refractivity contribution is 7.89. The zero-order valence-electron chi connectivity index (χ0n) is 14.7. The molecule has 0 spiro atoms. The fourth-order valence-corrected chi connectivity index (χ4v) is 4.02. The molecule has 1 aliphatic rings. The third-order valence-corrected chi connectivity index (χ3v) is 6.26. The largest absolute Gasteiger partial charge is 0.378 e. The molecule has 0 atom stereocenters. The van der Waals surface area contributed by atoms with Gasteiger partial charge in [-0.3, -0.25) is 0 Å². The number of nitrogens with zero attached hydrogens (tertiary/aromatic N) is 2. The summed E-state index contributed by atoms with van der Waals surface area (Å²) < 4.78 is 32.1. The normalized spacial score (nSPS) is 15.6. The van der Waals surface area contributed by atoms with Gasteiger partial charge in [-0.25, -0.2) is 8.42 Å². The number of rotatable bonds is 5. The third kappa shape index (κ3) is 4.21. The van der Waals surface area contributed by atoms with Crippen molar-refractivity contribution in [3.63, 3.8) is 0 Å². The molecule has 1 fully saturated rings. The molecule has 0 N–H and O–H groups in total. The minimum absolute atomic E-state index is 0.325. The SMILES string of the molecule is Cc1ccc(S(=O)(=O)N(C)Cc2ccc(N3CCOCC3)cc2)cc1. The predicted molar refractivity (Wildman–Crippen MR) is 99.3 cm³/mol. The molecule has 0 amide bonds. The maximum absolute atomic E-state index is 12.7. The van der Waals surface area contributed by atoms with Crippen molar-refractivity contribution in [1.29, 1.82) is 0 Å². The van der Waals surface area contributed by atoms with Gasteiger partial charge in [0.1, 0.15) is 0 Å². The van der Waals surface area contributed by atoms with E-state index in [1.54, 1.807) is 19.2 Å². The minimum atomic E-state index is -3.48. The van der Waals surface area contributed by atoms with Crippen LogP contribution in [-0.4, -0.2) is 46.1 Å². The summed E-state index contributed by atoms with van der Waals surface area (Å²) in [6.07, 6.45) is 0. The number of morpholine rings is 1. The van der Waals surface area contributed by atoms with Gasteiger partial charge in [0, 0.05) is 32.4 Å². The Hall–Kier alpha value is -1.89. The Labute approximate surface area is 149 Å². The van der Waals surface area contributed by atoms with Crippen LogP contribution in [0.25, 0.3) is 0 Å². The van der Waals surface area contributed by atoms with Crippen LogP contribution in [0.5, 0.6) is 0 Å². The minimum Gasteiger partial charge on any atom is -0.378 e. The van der Waals surface area contributed by atoms with Crippen molar-refractivity contribution in [2.45, 2.75) is 18.4 Å². The van der Waals surface area contributed by atoms with Crippen LogP contribution in [-0.2, 0) is 21.3 Å². The summed E-state index contributed by atoms with van der Waals surface area (Å²) in [5, 5.41) is 0. The van der Waals surface area contributed by atoms with E-state index in [-0.39, 0.29) is 0 Å². The molecule has 3 rings (SSSR count). The van der Waals surface area contributed by atoms with Crippen molar-refractivity contribution in [2.75, 3.05) is 38.3 Å². The highest BCUT2D eigenvalue weighted by atomic mass is 32.2. The lowest BCUT2D eigenvalue weighted by atomic mass is 10.2. The van der Waals surface area contributed by atoms with E-state index >= 15 is 0 Å². The second-order valence-electron chi connectivity index (χ2n) is 6.34. The van der Waals surface area contributed by atoms with Crippen molar-refractivity contribution in [3.05, 3.63) is 59.7 Å². The first kappa shape index (κ1) is 17.9. The molecule has 25 heavy (non-hydrogen) atoms. The van der Waals surface area contributed by atoms with Gasteiger partial charge in [-0.2, -0.15) is 4.31 Å². The average Bonchev–Trinajstić information content (AvgIpc) is 2.63. The number of hydrogen-bond acceptors (Lipinski definition) is 4. The lowest BCUT2D eigenvalue weighted by Crippen LogP contribution is -2.36. The molecule has 0 saturated carbocycles. The summed E-state index contributed by atoms with van der Waals surface area (Å²) >= 11 is 0. The van der Waals surface area contributed by atoms with E-state index in [0.29, 0.717) is 11.4 Å². The lowest BCUT2D eigenvalue weighted by molar-refractivity contribution is 0.122. The quantitative estimate of drug-likeness (QED) is 0.823. The first-order valence-corrected chi connectivity index (χ1v) is 9.85. The number of anilines is 1. The van der Waals surface area contributed by atoms with E-state index < -0.39 is 10.0 Å². The topological polar surface area (TPSA) is 49.9 Å². The summed E-state index contributed by atoms with van der Waals surface area (Å²) in [6.45, 7) is 5.57. The van der Waals surface area contributed by atoms with Gasteiger partial charge in [0.15, 0.2) is 0 Å². The molecule has 1 heterocycles. The molecular formula is C19H24N2O3S. The summed E-state index contributed by atoms with van der Waals surface area (Å²) in [5.74, 6) is 0. The van der Waals surface area contributed by atoms with Gasteiger partial charge in [0.2, 0.25) is 10.0 Å². The fraction of sp³-hybridized carbons (Fsp3) is 0.368. The molecule has 0 unspecified atom stereocenters. The Balaban J connectivity index is 1.69. The molecule has 0 radical (unpaired) electrons. The van der Waals surface area contributed by atoms with Crippen molar-refractivity contribution < 1.29 is 13.2 Å². The average molecular weight is 360 g/mol. The molecule has 5 nitrogen and oxygen atoms in total.